The van der Waals surface area contributed by atoms with E-state index in [9.17, 15) is 19.0 Å². The lowest BCUT2D eigenvalue weighted by atomic mass is 10.0. The Morgan fingerprint density at radius 3 is 1.42 bits per heavy atom. The minimum atomic E-state index is -4.64. The van der Waals surface area contributed by atoms with Crippen molar-refractivity contribution in [2.75, 3.05) is 47.5 Å². The van der Waals surface area contributed by atoms with Crippen LogP contribution in [0.25, 0.3) is 0 Å². The molecule has 0 aromatic carbocycles. The third-order valence-electron chi connectivity index (χ3n) is 9.80. The molecule has 0 heterocycles. The van der Waals surface area contributed by atoms with Gasteiger partial charge in [0.15, 0.2) is 6.10 Å². The Morgan fingerprint density at radius 2 is 0.966 bits per heavy atom. The minimum absolute atomic E-state index is 0.0427. The standard InChI is InChI=1S/C49H88NO8P/c1-6-8-10-12-14-16-18-20-22-24-26-27-29-31-33-35-37-39-41-48(51)55-45-47(46-57-59(53,54)56-44-43-50(3,4)5)58-49(52)42-40-38-36-34-32-30-28-25-23-21-19-17-15-13-11-9-7-2/h9,11,15,17,21,23,28,30,34,36,47H,6-8,10,12-14,16,18-20,22,24-27,29,31-33,35,37-46H2,1-5H3/b11-9-,17-15-,23-21-,30-28-,36-34-. The zero-order valence-electron chi connectivity index (χ0n) is 38.4. The molecule has 0 aromatic heterocycles. The van der Waals surface area contributed by atoms with Gasteiger partial charge in [0, 0.05) is 12.8 Å². The number of allylic oxidation sites excluding steroid dienone is 10. The number of unbranched alkanes of at least 4 members (excludes halogenated alkanes) is 18. The van der Waals surface area contributed by atoms with E-state index in [-0.39, 0.29) is 26.1 Å². The first-order chi connectivity index (χ1) is 28.5. The average Bonchev–Trinajstić information content (AvgIpc) is 3.19. The number of nitrogens with zero attached hydrogens (tertiary/aromatic N) is 1. The maximum absolute atomic E-state index is 12.7. The van der Waals surface area contributed by atoms with Crippen molar-refractivity contribution >= 4 is 19.8 Å². The number of likely N-dealkylation sites (N-methyl/N-ethyl adjacent to an activating group) is 1. The molecule has 0 saturated heterocycles. The summed E-state index contributed by atoms with van der Waals surface area (Å²) in [6, 6.07) is 0. The number of esters is 2. The topological polar surface area (TPSA) is 111 Å². The summed E-state index contributed by atoms with van der Waals surface area (Å²) in [6.07, 6.45) is 49.7. The van der Waals surface area contributed by atoms with E-state index in [4.69, 9.17) is 18.5 Å². The van der Waals surface area contributed by atoms with E-state index < -0.39 is 32.5 Å². The molecule has 9 nitrogen and oxygen atoms in total. The van der Waals surface area contributed by atoms with Crippen LogP contribution in [0.4, 0.5) is 0 Å². The first-order valence-electron chi connectivity index (χ1n) is 23.5. The molecule has 0 aromatic rings. The van der Waals surface area contributed by atoms with E-state index >= 15 is 0 Å². The van der Waals surface area contributed by atoms with Crippen molar-refractivity contribution in [2.24, 2.45) is 0 Å². The van der Waals surface area contributed by atoms with Crippen molar-refractivity contribution in [3.05, 3.63) is 60.8 Å². The van der Waals surface area contributed by atoms with Crippen LogP contribution in [0.2, 0.25) is 0 Å². The van der Waals surface area contributed by atoms with Gasteiger partial charge in [0.2, 0.25) is 0 Å². The predicted molar refractivity (Wildman–Crippen MR) is 245 cm³/mol. The summed E-state index contributed by atoms with van der Waals surface area (Å²) in [7, 11) is 1.13. The third kappa shape index (κ3) is 45.1. The molecule has 0 aliphatic rings. The van der Waals surface area contributed by atoms with Gasteiger partial charge in [-0.05, 0) is 51.4 Å². The fourth-order valence-electron chi connectivity index (χ4n) is 6.16. The summed E-state index contributed by atoms with van der Waals surface area (Å²) in [5.74, 6) is -0.900. The predicted octanol–water partition coefficient (Wildman–Crippen LogP) is 13.0. The Labute approximate surface area is 362 Å². The molecule has 0 bridgehead atoms. The Bertz CT molecular complexity index is 1190. The molecule has 0 fully saturated rings. The second kappa shape index (κ2) is 41.1. The Hall–Kier alpha value is -2.29. The van der Waals surface area contributed by atoms with Crippen molar-refractivity contribution < 1.29 is 42.1 Å². The fraction of sp³-hybridized carbons (Fsp3) is 0.755. The smallest absolute Gasteiger partial charge is 0.306 e. The molecule has 59 heavy (non-hydrogen) atoms. The zero-order chi connectivity index (χ0) is 43.6. The van der Waals surface area contributed by atoms with Crippen molar-refractivity contribution in [1.82, 2.24) is 0 Å². The quantitative estimate of drug-likeness (QED) is 0.0196. The number of carbonyl (C=O) groups is 2. The van der Waals surface area contributed by atoms with E-state index in [0.29, 0.717) is 23.9 Å². The van der Waals surface area contributed by atoms with Gasteiger partial charge in [-0.15, -0.1) is 0 Å². The third-order valence-corrected chi connectivity index (χ3v) is 10.8. The summed E-state index contributed by atoms with van der Waals surface area (Å²) in [6.45, 7) is 4.06. The molecule has 0 amide bonds. The van der Waals surface area contributed by atoms with Gasteiger partial charge in [-0.25, -0.2) is 0 Å². The largest absolute Gasteiger partial charge is 0.756 e. The van der Waals surface area contributed by atoms with E-state index in [2.05, 4.69) is 68.5 Å². The van der Waals surface area contributed by atoms with Gasteiger partial charge in [0.05, 0.1) is 27.7 Å². The van der Waals surface area contributed by atoms with Crippen molar-refractivity contribution in [3.63, 3.8) is 0 Å². The van der Waals surface area contributed by atoms with Gasteiger partial charge < -0.3 is 27.9 Å². The number of carbonyl (C=O) groups excluding carboxylic acids is 2. The number of rotatable bonds is 42. The van der Waals surface area contributed by atoms with Gasteiger partial charge in [-0.1, -0.05) is 184 Å². The molecule has 2 atom stereocenters. The van der Waals surface area contributed by atoms with E-state index in [1.54, 1.807) is 0 Å². The number of hydrogen-bond donors (Lipinski definition) is 0. The Morgan fingerprint density at radius 1 is 0.542 bits per heavy atom. The first kappa shape index (κ1) is 56.7. The van der Waals surface area contributed by atoms with Crippen LogP contribution in [0.3, 0.4) is 0 Å². The Balaban J connectivity index is 4.39. The maximum Gasteiger partial charge on any atom is 0.306 e. The highest BCUT2D eigenvalue weighted by Gasteiger charge is 2.21. The molecule has 10 heteroatoms. The molecule has 342 valence electrons. The average molecular weight is 850 g/mol. The van der Waals surface area contributed by atoms with Gasteiger partial charge in [0.25, 0.3) is 7.82 Å². The summed E-state index contributed by atoms with van der Waals surface area (Å²) in [4.78, 5) is 37.6. The van der Waals surface area contributed by atoms with Crippen LogP contribution in [-0.2, 0) is 32.7 Å². The lowest BCUT2D eigenvalue weighted by Gasteiger charge is -2.28. The van der Waals surface area contributed by atoms with Crippen LogP contribution < -0.4 is 4.89 Å². The van der Waals surface area contributed by atoms with Gasteiger partial charge in [-0.3, -0.25) is 14.2 Å². The summed E-state index contributed by atoms with van der Waals surface area (Å²) < 4.78 is 33.9. The van der Waals surface area contributed by atoms with Crippen LogP contribution in [0, 0.1) is 0 Å². The maximum atomic E-state index is 12.7. The fourth-order valence-corrected chi connectivity index (χ4v) is 6.89. The lowest BCUT2D eigenvalue weighted by Crippen LogP contribution is -2.37. The van der Waals surface area contributed by atoms with Crippen LogP contribution in [0.1, 0.15) is 187 Å². The van der Waals surface area contributed by atoms with Gasteiger partial charge in [-0.2, -0.15) is 0 Å². The van der Waals surface area contributed by atoms with Crippen molar-refractivity contribution in [2.45, 2.75) is 193 Å². The van der Waals surface area contributed by atoms with Gasteiger partial charge in [0.1, 0.15) is 19.8 Å². The number of phosphoric ester groups is 1. The number of hydrogen-bond acceptors (Lipinski definition) is 8. The zero-order valence-corrected chi connectivity index (χ0v) is 39.3. The summed E-state index contributed by atoms with van der Waals surface area (Å²) >= 11 is 0. The molecular weight excluding hydrogens is 762 g/mol. The molecule has 0 spiro atoms. The monoisotopic (exact) mass is 850 g/mol. The van der Waals surface area contributed by atoms with E-state index in [0.717, 1.165) is 51.4 Å². The molecule has 0 aliphatic heterocycles. The summed E-state index contributed by atoms with van der Waals surface area (Å²) in [5, 5.41) is 0. The second-order valence-corrected chi connectivity index (χ2v) is 18.2. The minimum Gasteiger partial charge on any atom is -0.756 e. The highest BCUT2D eigenvalue weighted by atomic mass is 31.2. The molecule has 0 saturated carbocycles. The van der Waals surface area contributed by atoms with Crippen LogP contribution in [-0.4, -0.2) is 70.0 Å². The highest BCUT2D eigenvalue weighted by molar-refractivity contribution is 7.45. The van der Waals surface area contributed by atoms with E-state index in [1.165, 1.54) is 96.3 Å². The number of ether oxygens (including phenoxy) is 2. The molecule has 2 unspecified atom stereocenters. The van der Waals surface area contributed by atoms with Crippen LogP contribution >= 0.6 is 7.82 Å². The summed E-state index contributed by atoms with van der Waals surface area (Å²) in [5.41, 5.74) is 0. The van der Waals surface area contributed by atoms with Crippen molar-refractivity contribution in [1.29, 1.82) is 0 Å². The molecule has 0 radical (unpaired) electrons. The normalized spacial score (nSPS) is 14.1. The Kier molecular flexibility index (Phi) is 39.5. The lowest BCUT2D eigenvalue weighted by molar-refractivity contribution is -0.870. The van der Waals surface area contributed by atoms with Gasteiger partial charge >= 0.3 is 11.9 Å². The molecule has 0 aliphatic carbocycles. The van der Waals surface area contributed by atoms with Crippen molar-refractivity contribution in [3.8, 4) is 0 Å². The van der Waals surface area contributed by atoms with E-state index in [1.807, 2.05) is 27.2 Å². The molecule has 0 N–H and O–H groups in total. The SMILES string of the molecule is CC/C=C\C/C=C\C/C=C\C/C=C\C/C=C\CCCC(=O)OC(COC(=O)CCCCCCCCCCCCCCCCCCCC)COP(=O)([O-])OCC[N+](C)(C)C. The highest BCUT2D eigenvalue weighted by Crippen LogP contribution is 2.38. The van der Waals surface area contributed by atoms with Crippen LogP contribution in [0.5, 0.6) is 0 Å². The second-order valence-electron chi connectivity index (χ2n) is 16.7. The van der Waals surface area contributed by atoms with Crippen LogP contribution in [0.15, 0.2) is 60.8 Å². The number of quaternary nitrogens is 1. The molecular formula is C49H88NO8P. The molecule has 0 rings (SSSR count). The number of phosphoric acid groups is 1. The first-order valence-corrected chi connectivity index (χ1v) is 25.0.